The van der Waals surface area contributed by atoms with Crippen molar-refractivity contribution in [2.45, 2.75) is 62.4 Å². The highest BCUT2D eigenvalue weighted by Crippen LogP contribution is 2.41. The second-order valence-electron chi connectivity index (χ2n) is 8.16. The molecule has 1 saturated carbocycles. The minimum Gasteiger partial charge on any atom is -0.482 e. The standard InChI is InChI=1S/C20H20F6N4O5/c21-19(22,23)15-4-2-12(7-27-15)32-9-16(31)28-11-1-3-14(33-8-11)18-30-29-17(34-18)10-5-13(6-10)35-20(24,25)26/h2,4,7,10-11,13-14H,1,3,5-6,8-9H2,(H,28,31)/t10?,11-,13?,14+/m1/s1. The van der Waals surface area contributed by atoms with Crippen molar-refractivity contribution in [3.05, 3.63) is 35.8 Å². The zero-order chi connectivity index (χ0) is 25.2. The third-order valence-electron chi connectivity index (χ3n) is 5.51. The van der Waals surface area contributed by atoms with Gasteiger partial charge >= 0.3 is 12.5 Å². The molecule has 15 heteroatoms. The Kier molecular flexibility index (Phi) is 7.17. The maximum absolute atomic E-state index is 12.5. The molecule has 1 N–H and O–H groups in total. The third kappa shape index (κ3) is 6.81. The summed E-state index contributed by atoms with van der Waals surface area (Å²) in [6, 6.07) is 1.50. The van der Waals surface area contributed by atoms with Gasteiger partial charge in [-0.15, -0.1) is 23.4 Å². The van der Waals surface area contributed by atoms with Gasteiger partial charge in [-0.25, -0.2) is 4.98 Å². The third-order valence-corrected chi connectivity index (χ3v) is 5.51. The van der Waals surface area contributed by atoms with Gasteiger partial charge in [0.05, 0.1) is 24.9 Å². The molecule has 2 aromatic rings. The molecule has 0 spiro atoms. The zero-order valence-corrected chi connectivity index (χ0v) is 17.9. The molecule has 2 aliphatic rings. The fourth-order valence-corrected chi connectivity index (χ4v) is 3.71. The van der Waals surface area contributed by atoms with Crippen LogP contribution in [0.5, 0.6) is 5.75 Å². The SMILES string of the molecule is O=C(COc1ccc(C(F)(F)F)nc1)N[C@@H]1CC[C@@H](c2nnc(C3CC(OC(F)(F)F)C3)o2)OC1. The maximum atomic E-state index is 12.5. The summed E-state index contributed by atoms with van der Waals surface area (Å²) in [5.74, 6) is -0.334. The molecule has 3 heterocycles. The second kappa shape index (κ2) is 9.97. The Balaban J connectivity index is 1.17. The van der Waals surface area contributed by atoms with Crippen molar-refractivity contribution in [3.8, 4) is 5.75 Å². The first-order valence-electron chi connectivity index (χ1n) is 10.6. The molecule has 0 unspecified atom stereocenters. The Morgan fingerprint density at radius 3 is 2.43 bits per heavy atom. The number of carbonyl (C=O) groups is 1. The molecule has 1 aliphatic heterocycles. The van der Waals surface area contributed by atoms with Crippen LogP contribution < -0.4 is 10.1 Å². The fourth-order valence-electron chi connectivity index (χ4n) is 3.71. The molecular weight excluding hydrogens is 490 g/mol. The van der Waals surface area contributed by atoms with Crippen LogP contribution in [0.4, 0.5) is 26.3 Å². The number of halogens is 6. The van der Waals surface area contributed by atoms with E-state index in [0.717, 1.165) is 18.3 Å². The van der Waals surface area contributed by atoms with Crippen LogP contribution in [0.3, 0.4) is 0 Å². The summed E-state index contributed by atoms with van der Waals surface area (Å²) >= 11 is 0. The van der Waals surface area contributed by atoms with E-state index in [1.54, 1.807) is 0 Å². The predicted molar refractivity (Wildman–Crippen MR) is 102 cm³/mol. The van der Waals surface area contributed by atoms with E-state index in [9.17, 15) is 31.1 Å². The van der Waals surface area contributed by atoms with Crippen LogP contribution in [0.1, 0.15) is 55.2 Å². The van der Waals surface area contributed by atoms with Crippen LogP contribution >= 0.6 is 0 Å². The van der Waals surface area contributed by atoms with E-state index in [0.29, 0.717) is 12.8 Å². The first kappa shape index (κ1) is 25.2. The lowest BCUT2D eigenvalue weighted by Crippen LogP contribution is -2.43. The quantitative estimate of drug-likeness (QED) is 0.562. The minimum absolute atomic E-state index is 0.0167. The van der Waals surface area contributed by atoms with Gasteiger partial charge in [-0.05, 0) is 37.8 Å². The number of aromatic nitrogens is 3. The van der Waals surface area contributed by atoms with E-state index in [4.69, 9.17) is 13.9 Å². The Morgan fingerprint density at radius 2 is 1.83 bits per heavy atom. The molecule has 2 atom stereocenters. The Labute approximate surface area is 194 Å². The molecule has 1 aliphatic carbocycles. The van der Waals surface area contributed by atoms with E-state index in [-0.39, 0.29) is 48.9 Å². The molecule has 0 bridgehead atoms. The second-order valence-corrected chi connectivity index (χ2v) is 8.16. The van der Waals surface area contributed by atoms with Gasteiger partial charge in [-0.2, -0.15) is 13.2 Å². The molecular formula is C20H20F6N4O5. The zero-order valence-electron chi connectivity index (χ0n) is 17.9. The molecule has 192 valence electrons. The van der Waals surface area contributed by atoms with Crippen molar-refractivity contribution in [1.82, 2.24) is 20.5 Å². The number of amides is 1. The molecule has 35 heavy (non-hydrogen) atoms. The maximum Gasteiger partial charge on any atom is 0.522 e. The van der Waals surface area contributed by atoms with Gasteiger partial charge in [0.2, 0.25) is 11.8 Å². The van der Waals surface area contributed by atoms with Crippen LogP contribution in [0.2, 0.25) is 0 Å². The summed E-state index contributed by atoms with van der Waals surface area (Å²) < 4.78 is 94.6. The number of alkyl halides is 6. The molecule has 4 rings (SSSR count). The molecule has 2 aromatic heterocycles. The number of hydrogen-bond donors (Lipinski definition) is 1. The van der Waals surface area contributed by atoms with Crippen LogP contribution in [-0.2, 0) is 20.4 Å². The van der Waals surface area contributed by atoms with E-state index < -0.39 is 43.0 Å². The van der Waals surface area contributed by atoms with Gasteiger partial charge < -0.3 is 19.2 Å². The highest BCUT2D eigenvalue weighted by molar-refractivity contribution is 5.77. The number of ether oxygens (including phenoxy) is 3. The summed E-state index contributed by atoms with van der Waals surface area (Å²) in [5, 5.41) is 10.5. The van der Waals surface area contributed by atoms with Crippen molar-refractivity contribution >= 4 is 5.91 Å². The molecule has 0 aromatic carbocycles. The topological polar surface area (TPSA) is 109 Å². The van der Waals surface area contributed by atoms with Crippen LogP contribution in [0, 0.1) is 0 Å². The minimum atomic E-state index is -4.68. The van der Waals surface area contributed by atoms with Crippen molar-refractivity contribution in [1.29, 1.82) is 0 Å². The van der Waals surface area contributed by atoms with E-state index in [1.807, 2.05) is 0 Å². The Morgan fingerprint density at radius 1 is 1.09 bits per heavy atom. The number of carbonyl (C=O) groups excluding carboxylic acids is 1. The number of nitrogens with zero attached hydrogens (tertiary/aromatic N) is 3. The molecule has 0 radical (unpaired) electrons. The number of pyridine rings is 1. The summed E-state index contributed by atoms with van der Waals surface area (Å²) in [6.45, 7) is -0.276. The lowest BCUT2D eigenvalue weighted by molar-refractivity contribution is -0.352. The lowest BCUT2D eigenvalue weighted by Gasteiger charge is -2.33. The summed E-state index contributed by atoms with van der Waals surface area (Å²) in [5.41, 5.74) is -1.07. The highest BCUT2D eigenvalue weighted by Gasteiger charge is 2.43. The Hall–Kier alpha value is -2.94. The first-order valence-corrected chi connectivity index (χ1v) is 10.6. The van der Waals surface area contributed by atoms with Crippen molar-refractivity contribution in [2.75, 3.05) is 13.2 Å². The number of hydrogen-bond acceptors (Lipinski definition) is 8. The van der Waals surface area contributed by atoms with Crippen molar-refractivity contribution in [2.24, 2.45) is 0 Å². The van der Waals surface area contributed by atoms with Crippen LogP contribution in [0.15, 0.2) is 22.7 Å². The molecule has 1 amide bonds. The summed E-state index contributed by atoms with van der Waals surface area (Å²) in [7, 11) is 0. The monoisotopic (exact) mass is 510 g/mol. The first-order chi connectivity index (χ1) is 16.5. The fraction of sp³-hybridized carbons (Fsp3) is 0.600. The van der Waals surface area contributed by atoms with Crippen LogP contribution in [-0.4, -0.2) is 52.8 Å². The summed E-state index contributed by atoms with van der Waals surface area (Å²) in [6.07, 6.45) is -8.58. The van der Waals surface area contributed by atoms with Gasteiger partial charge in [-0.3, -0.25) is 9.53 Å². The predicted octanol–water partition coefficient (Wildman–Crippen LogP) is 3.68. The van der Waals surface area contributed by atoms with E-state index >= 15 is 0 Å². The Bertz CT molecular complexity index is 999. The van der Waals surface area contributed by atoms with Gasteiger partial charge in [0.1, 0.15) is 17.5 Å². The van der Waals surface area contributed by atoms with E-state index in [1.165, 1.54) is 0 Å². The average molecular weight is 510 g/mol. The largest absolute Gasteiger partial charge is 0.522 e. The van der Waals surface area contributed by atoms with Crippen LogP contribution in [0.25, 0.3) is 0 Å². The molecule has 1 saturated heterocycles. The normalized spacial score (nSPS) is 25.1. The number of rotatable bonds is 7. The van der Waals surface area contributed by atoms with Gasteiger partial charge in [0, 0.05) is 5.92 Å². The highest BCUT2D eigenvalue weighted by atomic mass is 19.4. The number of nitrogens with one attached hydrogen (secondary N) is 1. The average Bonchev–Trinajstić information content (AvgIpc) is 3.24. The molecule has 2 fully saturated rings. The van der Waals surface area contributed by atoms with Crippen molar-refractivity contribution in [3.63, 3.8) is 0 Å². The van der Waals surface area contributed by atoms with Gasteiger partial charge in [0.15, 0.2) is 6.61 Å². The van der Waals surface area contributed by atoms with Gasteiger partial charge in [0.25, 0.3) is 5.91 Å². The summed E-state index contributed by atoms with van der Waals surface area (Å²) in [4.78, 5) is 15.3. The molecule has 9 nitrogen and oxygen atoms in total. The lowest BCUT2D eigenvalue weighted by atomic mass is 9.82. The smallest absolute Gasteiger partial charge is 0.482 e. The van der Waals surface area contributed by atoms with E-state index in [2.05, 4.69) is 25.2 Å². The van der Waals surface area contributed by atoms with Gasteiger partial charge in [-0.1, -0.05) is 0 Å². The van der Waals surface area contributed by atoms with Crippen molar-refractivity contribution < 1.29 is 49.8 Å².